The first-order valence-corrected chi connectivity index (χ1v) is 7.31. The van der Waals surface area contributed by atoms with Gasteiger partial charge in [0.1, 0.15) is 0 Å². The van der Waals surface area contributed by atoms with E-state index in [-0.39, 0.29) is 19.2 Å². The molecule has 0 saturated carbocycles. The summed E-state index contributed by atoms with van der Waals surface area (Å²) < 4.78 is 4.76. The largest absolute Gasteiger partial charge is 0.478 e. The number of carboxylic acids is 1. The van der Waals surface area contributed by atoms with Crippen LogP contribution in [0.4, 0.5) is 0 Å². The van der Waals surface area contributed by atoms with Gasteiger partial charge in [-0.1, -0.05) is 12.7 Å². The van der Waals surface area contributed by atoms with Crippen LogP contribution >= 0.6 is 0 Å². The minimum absolute atomic E-state index is 0.143. The highest BCUT2D eigenvalue weighted by Gasteiger charge is 2.00. The van der Waals surface area contributed by atoms with Gasteiger partial charge in [0, 0.05) is 24.4 Å². The molecule has 6 heteroatoms. The molecule has 0 spiro atoms. The van der Waals surface area contributed by atoms with Gasteiger partial charge in [0.25, 0.3) is 0 Å². The Kier molecular flexibility index (Phi) is 16.2. The fourth-order valence-electron chi connectivity index (χ4n) is 1.16. The SMILES string of the molecule is C=C(C)C(=O)OCCCCO.CC(=CCCCCO)C(=O)O. The van der Waals surface area contributed by atoms with Crippen LogP contribution in [0.15, 0.2) is 23.8 Å². The van der Waals surface area contributed by atoms with Crippen LogP contribution in [-0.2, 0) is 14.3 Å². The van der Waals surface area contributed by atoms with Crippen molar-refractivity contribution in [2.45, 2.75) is 46.0 Å². The number of hydrogen-bond donors (Lipinski definition) is 3. The van der Waals surface area contributed by atoms with E-state index in [0.29, 0.717) is 30.6 Å². The molecule has 0 bridgehead atoms. The second-order valence-electron chi connectivity index (χ2n) is 4.76. The van der Waals surface area contributed by atoms with Gasteiger partial charge in [-0.3, -0.25) is 0 Å². The maximum Gasteiger partial charge on any atom is 0.333 e. The molecule has 0 aliphatic carbocycles. The van der Waals surface area contributed by atoms with Crippen LogP contribution < -0.4 is 0 Å². The minimum atomic E-state index is -0.867. The predicted molar refractivity (Wildman–Crippen MR) is 84.4 cm³/mol. The van der Waals surface area contributed by atoms with Crippen LogP contribution in [0.2, 0.25) is 0 Å². The fraction of sp³-hybridized carbons (Fsp3) is 0.625. The topological polar surface area (TPSA) is 104 Å². The standard InChI is InChI=1S/2C8H14O3/c1-7(2)8(10)11-6-4-3-5-9;1-7(8(10)11)5-3-2-4-6-9/h9H,1,3-6H2,2H3;5,9H,2-4,6H2,1H3,(H,10,11). The zero-order chi connectivity index (χ0) is 17.4. The molecule has 0 rings (SSSR count). The van der Waals surface area contributed by atoms with Crippen molar-refractivity contribution in [1.82, 2.24) is 0 Å². The number of carbonyl (C=O) groups excluding carboxylic acids is 1. The molecule has 0 aliphatic heterocycles. The highest BCUT2D eigenvalue weighted by molar-refractivity contribution is 5.86. The summed E-state index contributed by atoms with van der Waals surface area (Å²) in [5, 5.41) is 25.2. The van der Waals surface area contributed by atoms with E-state index in [1.54, 1.807) is 19.9 Å². The molecule has 3 N–H and O–H groups in total. The molecule has 0 aromatic carbocycles. The molecular weight excluding hydrogens is 288 g/mol. The van der Waals surface area contributed by atoms with E-state index < -0.39 is 5.97 Å². The number of hydrogen-bond acceptors (Lipinski definition) is 5. The fourth-order valence-corrected chi connectivity index (χ4v) is 1.16. The lowest BCUT2D eigenvalue weighted by molar-refractivity contribution is -0.139. The number of aliphatic hydroxyl groups is 2. The van der Waals surface area contributed by atoms with Gasteiger partial charge < -0.3 is 20.1 Å². The maximum atomic E-state index is 10.7. The summed E-state index contributed by atoms with van der Waals surface area (Å²) in [5.41, 5.74) is 0.789. The molecule has 0 amide bonds. The molecule has 0 saturated heterocycles. The van der Waals surface area contributed by atoms with E-state index in [4.69, 9.17) is 20.1 Å². The van der Waals surface area contributed by atoms with Crippen molar-refractivity contribution in [1.29, 1.82) is 0 Å². The molecular formula is C16H28O6. The number of ether oxygens (including phenoxy) is 1. The summed E-state index contributed by atoms with van der Waals surface area (Å²) in [6, 6.07) is 0. The molecule has 6 nitrogen and oxygen atoms in total. The third-order valence-corrected chi connectivity index (χ3v) is 2.53. The Balaban J connectivity index is 0. The molecule has 0 atom stereocenters. The second kappa shape index (κ2) is 15.7. The van der Waals surface area contributed by atoms with E-state index in [9.17, 15) is 9.59 Å². The van der Waals surface area contributed by atoms with Gasteiger partial charge in [-0.2, -0.15) is 0 Å². The summed E-state index contributed by atoms with van der Waals surface area (Å²) in [7, 11) is 0. The van der Waals surface area contributed by atoms with Crippen LogP contribution in [0.25, 0.3) is 0 Å². The summed E-state index contributed by atoms with van der Waals surface area (Å²) in [6.07, 6.45) is 5.38. The zero-order valence-corrected chi connectivity index (χ0v) is 13.5. The Hall–Kier alpha value is -1.66. The van der Waals surface area contributed by atoms with E-state index >= 15 is 0 Å². The van der Waals surface area contributed by atoms with Crippen molar-refractivity contribution in [2.24, 2.45) is 0 Å². The van der Waals surface area contributed by atoms with E-state index in [2.05, 4.69) is 6.58 Å². The summed E-state index contributed by atoms with van der Waals surface area (Å²) in [6.45, 7) is 7.30. The summed E-state index contributed by atoms with van der Waals surface area (Å²) in [5.74, 6) is -1.23. The first kappa shape index (κ1) is 22.6. The van der Waals surface area contributed by atoms with Gasteiger partial charge in [-0.05, 0) is 46.0 Å². The second-order valence-corrected chi connectivity index (χ2v) is 4.76. The first-order valence-electron chi connectivity index (χ1n) is 7.31. The molecule has 0 heterocycles. The monoisotopic (exact) mass is 316 g/mol. The summed E-state index contributed by atoms with van der Waals surface area (Å²) >= 11 is 0. The molecule has 0 unspecified atom stereocenters. The van der Waals surface area contributed by atoms with Crippen LogP contribution in [0, 0.1) is 0 Å². The Labute approximate surface area is 132 Å². The third kappa shape index (κ3) is 16.4. The molecule has 0 aliphatic rings. The lowest BCUT2D eigenvalue weighted by Gasteiger charge is -2.01. The van der Waals surface area contributed by atoms with Crippen molar-refractivity contribution in [3.63, 3.8) is 0 Å². The van der Waals surface area contributed by atoms with Gasteiger partial charge in [-0.25, -0.2) is 9.59 Å². The quantitative estimate of drug-likeness (QED) is 0.324. The van der Waals surface area contributed by atoms with Crippen LogP contribution in [0.3, 0.4) is 0 Å². The van der Waals surface area contributed by atoms with Crippen molar-refractivity contribution >= 4 is 11.9 Å². The number of unbranched alkanes of at least 4 members (excludes halogenated alkanes) is 3. The highest BCUT2D eigenvalue weighted by atomic mass is 16.5. The highest BCUT2D eigenvalue weighted by Crippen LogP contribution is 2.00. The van der Waals surface area contributed by atoms with Gasteiger partial charge >= 0.3 is 11.9 Å². The molecule has 22 heavy (non-hydrogen) atoms. The average Bonchev–Trinajstić information content (AvgIpc) is 2.48. The Bertz CT molecular complexity index is 360. The Morgan fingerprint density at radius 3 is 2.05 bits per heavy atom. The lowest BCUT2D eigenvalue weighted by atomic mass is 10.2. The van der Waals surface area contributed by atoms with E-state index in [1.165, 1.54) is 0 Å². The number of carbonyl (C=O) groups is 2. The number of aliphatic hydroxyl groups excluding tert-OH is 2. The van der Waals surface area contributed by atoms with Gasteiger partial charge in [-0.15, -0.1) is 0 Å². The Morgan fingerprint density at radius 2 is 1.59 bits per heavy atom. The maximum absolute atomic E-state index is 10.7. The van der Waals surface area contributed by atoms with Gasteiger partial charge in [0.2, 0.25) is 0 Å². The molecule has 0 fully saturated rings. The van der Waals surface area contributed by atoms with Gasteiger partial charge in [0.05, 0.1) is 6.61 Å². The lowest BCUT2D eigenvalue weighted by Crippen LogP contribution is -2.06. The van der Waals surface area contributed by atoms with E-state index in [1.807, 2.05) is 0 Å². The van der Waals surface area contributed by atoms with Crippen molar-refractivity contribution in [3.8, 4) is 0 Å². The predicted octanol–water partition coefficient (Wildman–Crippen LogP) is 2.06. The minimum Gasteiger partial charge on any atom is -0.478 e. The normalized spacial score (nSPS) is 10.5. The third-order valence-electron chi connectivity index (χ3n) is 2.53. The van der Waals surface area contributed by atoms with Gasteiger partial charge in [0.15, 0.2) is 0 Å². The Morgan fingerprint density at radius 1 is 1.05 bits per heavy atom. The van der Waals surface area contributed by atoms with Crippen LogP contribution in [0.1, 0.15) is 46.0 Å². The molecule has 0 aromatic heterocycles. The number of esters is 1. The smallest absolute Gasteiger partial charge is 0.333 e. The number of rotatable bonds is 10. The molecule has 0 aromatic rings. The first-order chi connectivity index (χ1) is 10.4. The van der Waals surface area contributed by atoms with Crippen molar-refractivity contribution in [2.75, 3.05) is 19.8 Å². The number of carboxylic acid groups (broad SMARTS) is 1. The number of allylic oxidation sites excluding steroid dienone is 1. The van der Waals surface area contributed by atoms with Crippen LogP contribution in [0.5, 0.6) is 0 Å². The number of aliphatic carboxylic acids is 1. The molecule has 128 valence electrons. The van der Waals surface area contributed by atoms with Crippen molar-refractivity contribution < 1.29 is 29.6 Å². The summed E-state index contributed by atoms with van der Waals surface area (Å²) in [4.78, 5) is 21.0. The van der Waals surface area contributed by atoms with Crippen LogP contribution in [-0.4, -0.2) is 47.1 Å². The molecule has 0 radical (unpaired) electrons. The van der Waals surface area contributed by atoms with E-state index in [0.717, 1.165) is 19.3 Å². The van der Waals surface area contributed by atoms with Crippen molar-refractivity contribution in [3.05, 3.63) is 23.8 Å². The zero-order valence-electron chi connectivity index (χ0n) is 13.5. The average molecular weight is 316 g/mol.